The Morgan fingerprint density at radius 1 is 1.14 bits per heavy atom. The summed E-state index contributed by atoms with van der Waals surface area (Å²) < 4.78 is 31.8. The minimum Gasteiger partial charge on any atom is -0.374 e. The van der Waals surface area contributed by atoms with E-state index in [1.165, 1.54) is 4.31 Å². The molecule has 0 aromatic heterocycles. The zero-order chi connectivity index (χ0) is 20.8. The summed E-state index contributed by atoms with van der Waals surface area (Å²) in [5.41, 5.74) is 1.16. The smallest absolute Gasteiger partial charge is 0.215 e. The summed E-state index contributed by atoms with van der Waals surface area (Å²) in [6.45, 7) is 11.0. The second kappa shape index (κ2) is 13.5. The summed E-state index contributed by atoms with van der Waals surface area (Å²) in [5.74, 6) is 0.685. The fraction of sp³-hybridized carbons (Fsp3) is 0.650. The van der Waals surface area contributed by atoms with Crippen molar-refractivity contribution in [2.24, 2.45) is 4.99 Å². The van der Waals surface area contributed by atoms with Crippen LogP contribution in [0.4, 0.5) is 0 Å². The standard InChI is InChI=1S/C20H36N4O3S/c1-5-21-20(23-15-17-28(25,26)24(6-2)7-3)22-14-11-16-27-18(4)19-12-9-8-10-13-19/h8-10,12-13,18H,5-7,11,14-17H2,1-4H3,(H2,21,22,23). The Morgan fingerprint density at radius 2 is 1.82 bits per heavy atom. The molecule has 2 N–H and O–H groups in total. The van der Waals surface area contributed by atoms with E-state index in [0.717, 1.165) is 18.5 Å². The normalized spacial score (nSPS) is 13.5. The molecule has 0 amide bonds. The number of nitrogens with one attached hydrogen (secondary N) is 2. The highest BCUT2D eigenvalue weighted by molar-refractivity contribution is 7.89. The molecule has 0 aliphatic heterocycles. The third-order valence-electron chi connectivity index (χ3n) is 4.30. The summed E-state index contributed by atoms with van der Waals surface area (Å²) >= 11 is 0. The van der Waals surface area contributed by atoms with E-state index in [1.807, 2.05) is 45.9 Å². The Kier molecular flexibility index (Phi) is 11.8. The van der Waals surface area contributed by atoms with Gasteiger partial charge in [0.05, 0.1) is 11.9 Å². The van der Waals surface area contributed by atoms with Crippen LogP contribution in [0.5, 0.6) is 0 Å². The van der Waals surface area contributed by atoms with Crippen LogP contribution in [0.1, 0.15) is 45.8 Å². The van der Waals surface area contributed by atoms with Crippen molar-refractivity contribution in [2.45, 2.75) is 40.2 Å². The van der Waals surface area contributed by atoms with Crippen LogP contribution >= 0.6 is 0 Å². The van der Waals surface area contributed by atoms with Crippen molar-refractivity contribution < 1.29 is 13.2 Å². The molecule has 0 heterocycles. The fourth-order valence-corrected chi connectivity index (χ4v) is 4.13. The van der Waals surface area contributed by atoms with E-state index in [1.54, 1.807) is 0 Å². The first-order valence-corrected chi connectivity index (χ1v) is 11.7. The second-order valence-electron chi connectivity index (χ2n) is 6.36. The number of benzene rings is 1. The van der Waals surface area contributed by atoms with Crippen LogP contribution < -0.4 is 10.6 Å². The van der Waals surface area contributed by atoms with Crippen molar-refractivity contribution in [3.05, 3.63) is 35.9 Å². The number of hydrogen-bond acceptors (Lipinski definition) is 4. The maximum atomic E-state index is 12.2. The zero-order valence-electron chi connectivity index (χ0n) is 17.6. The molecule has 8 heteroatoms. The lowest BCUT2D eigenvalue weighted by molar-refractivity contribution is 0.0652. The molecular weight excluding hydrogens is 376 g/mol. The second-order valence-corrected chi connectivity index (χ2v) is 8.45. The molecule has 160 valence electrons. The molecule has 1 unspecified atom stereocenters. The molecule has 0 saturated carbocycles. The van der Waals surface area contributed by atoms with E-state index >= 15 is 0 Å². The monoisotopic (exact) mass is 412 g/mol. The number of rotatable bonds is 13. The lowest BCUT2D eigenvalue weighted by Gasteiger charge is -2.19. The average molecular weight is 413 g/mol. The van der Waals surface area contributed by atoms with Gasteiger partial charge < -0.3 is 15.4 Å². The number of hydrogen-bond donors (Lipinski definition) is 2. The minimum absolute atomic E-state index is 0.0524. The highest BCUT2D eigenvalue weighted by atomic mass is 32.2. The molecular formula is C20H36N4O3S. The quantitative estimate of drug-likeness (QED) is 0.295. The van der Waals surface area contributed by atoms with Gasteiger partial charge in [-0.05, 0) is 25.8 Å². The first-order valence-electron chi connectivity index (χ1n) is 10.1. The first-order chi connectivity index (χ1) is 13.4. The van der Waals surface area contributed by atoms with Crippen LogP contribution in [0.25, 0.3) is 0 Å². The van der Waals surface area contributed by atoms with Crippen LogP contribution in [0.15, 0.2) is 35.3 Å². The van der Waals surface area contributed by atoms with Crippen molar-refractivity contribution >= 4 is 16.0 Å². The van der Waals surface area contributed by atoms with E-state index in [9.17, 15) is 8.42 Å². The van der Waals surface area contributed by atoms with Gasteiger partial charge >= 0.3 is 0 Å². The lowest BCUT2D eigenvalue weighted by atomic mass is 10.1. The maximum Gasteiger partial charge on any atom is 0.215 e. The molecule has 1 atom stereocenters. The molecule has 0 fully saturated rings. The summed E-state index contributed by atoms with van der Waals surface area (Å²) in [4.78, 5) is 4.49. The van der Waals surface area contributed by atoms with Crippen LogP contribution in [0.3, 0.4) is 0 Å². The summed E-state index contributed by atoms with van der Waals surface area (Å²) in [6.07, 6.45) is 0.854. The molecule has 1 rings (SSSR count). The van der Waals surface area contributed by atoms with Gasteiger partial charge in [0.15, 0.2) is 5.96 Å². The van der Waals surface area contributed by atoms with E-state index in [4.69, 9.17) is 4.74 Å². The van der Waals surface area contributed by atoms with Gasteiger partial charge in [-0.1, -0.05) is 44.2 Å². The Labute approximate surface area is 170 Å². The van der Waals surface area contributed by atoms with E-state index in [-0.39, 0.29) is 11.9 Å². The average Bonchev–Trinajstić information content (AvgIpc) is 2.68. The van der Waals surface area contributed by atoms with Crippen LogP contribution in [-0.2, 0) is 14.8 Å². The third kappa shape index (κ3) is 9.03. The Balaban J connectivity index is 2.37. The summed E-state index contributed by atoms with van der Waals surface area (Å²) in [5, 5.41) is 6.24. The van der Waals surface area contributed by atoms with Gasteiger partial charge in [-0.2, -0.15) is 0 Å². The number of aliphatic imine (C=N–C) groups is 1. The molecule has 0 spiro atoms. The molecule has 0 aliphatic rings. The summed E-state index contributed by atoms with van der Waals surface area (Å²) in [7, 11) is -3.23. The van der Waals surface area contributed by atoms with Gasteiger partial charge in [-0.15, -0.1) is 0 Å². The topological polar surface area (TPSA) is 83.0 Å². The molecule has 0 radical (unpaired) electrons. The van der Waals surface area contributed by atoms with E-state index < -0.39 is 10.0 Å². The van der Waals surface area contributed by atoms with Gasteiger partial charge in [-0.25, -0.2) is 12.7 Å². The SMILES string of the molecule is CCNC(=NCCCOC(C)c1ccccc1)NCCS(=O)(=O)N(CC)CC. The number of guanidine groups is 1. The van der Waals surface area contributed by atoms with Crippen LogP contribution in [0.2, 0.25) is 0 Å². The molecule has 0 aliphatic carbocycles. The number of nitrogens with zero attached hydrogens (tertiary/aromatic N) is 2. The van der Waals surface area contributed by atoms with Gasteiger partial charge in [0.2, 0.25) is 10.0 Å². The summed E-state index contributed by atoms with van der Waals surface area (Å²) in [6, 6.07) is 10.1. The molecule has 28 heavy (non-hydrogen) atoms. The molecule has 7 nitrogen and oxygen atoms in total. The maximum absolute atomic E-state index is 12.2. The van der Waals surface area contributed by atoms with Gasteiger partial charge in [0.25, 0.3) is 0 Å². The molecule has 1 aromatic carbocycles. The van der Waals surface area contributed by atoms with Crippen molar-refractivity contribution in [3.63, 3.8) is 0 Å². The minimum atomic E-state index is -3.23. The Hall–Kier alpha value is -1.64. The number of sulfonamides is 1. The highest BCUT2D eigenvalue weighted by Gasteiger charge is 2.18. The molecule has 0 saturated heterocycles. The van der Waals surface area contributed by atoms with Gasteiger partial charge in [0, 0.05) is 39.3 Å². The van der Waals surface area contributed by atoms with Crippen molar-refractivity contribution in [3.8, 4) is 0 Å². The molecule has 0 bridgehead atoms. The van der Waals surface area contributed by atoms with Crippen molar-refractivity contribution in [1.82, 2.24) is 14.9 Å². The third-order valence-corrected chi connectivity index (χ3v) is 6.33. The molecule has 1 aromatic rings. The predicted octanol–water partition coefficient (Wildman–Crippen LogP) is 2.38. The zero-order valence-corrected chi connectivity index (χ0v) is 18.5. The first kappa shape index (κ1) is 24.4. The van der Waals surface area contributed by atoms with Crippen LogP contribution in [-0.4, -0.2) is 63.8 Å². The van der Waals surface area contributed by atoms with Gasteiger partial charge in [-0.3, -0.25) is 4.99 Å². The Morgan fingerprint density at radius 3 is 2.43 bits per heavy atom. The largest absolute Gasteiger partial charge is 0.374 e. The Bertz CT molecular complexity index is 661. The lowest BCUT2D eigenvalue weighted by Crippen LogP contribution is -2.42. The van der Waals surface area contributed by atoms with Crippen molar-refractivity contribution in [2.75, 3.05) is 45.1 Å². The van der Waals surface area contributed by atoms with E-state index in [0.29, 0.717) is 38.7 Å². The fourth-order valence-electron chi connectivity index (χ4n) is 2.72. The predicted molar refractivity (Wildman–Crippen MR) is 116 cm³/mol. The van der Waals surface area contributed by atoms with Crippen LogP contribution in [0, 0.1) is 0 Å². The van der Waals surface area contributed by atoms with Crippen molar-refractivity contribution in [1.29, 1.82) is 0 Å². The van der Waals surface area contributed by atoms with E-state index in [2.05, 4.69) is 27.8 Å². The van der Waals surface area contributed by atoms with Gasteiger partial charge in [0.1, 0.15) is 0 Å². The number of ether oxygens (including phenoxy) is 1. The highest BCUT2D eigenvalue weighted by Crippen LogP contribution is 2.15.